The van der Waals surface area contributed by atoms with Gasteiger partial charge in [-0.1, -0.05) is 0 Å². The fourth-order valence-corrected chi connectivity index (χ4v) is 0.668. The average molecular weight is 124 g/mol. The minimum Gasteiger partial charge on any atom is -0.692 e. The van der Waals surface area contributed by atoms with Crippen molar-refractivity contribution in [3.63, 3.8) is 0 Å². The molecule has 1 aliphatic heterocycles. The first-order valence-corrected chi connectivity index (χ1v) is 2.66. The molecule has 1 heterocycles. The summed E-state index contributed by atoms with van der Waals surface area (Å²) in [5, 5.41) is 0.714. The van der Waals surface area contributed by atoms with E-state index in [1.165, 1.54) is 0 Å². The Balaban J connectivity index is 0.000000490. The number of rotatable bonds is 0. The van der Waals surface area contributed by atoms with Crippen LogP contribution in [0.25, 0.3) is 0 Å². The van der Waals surface area contributed by atoms with Crippen LogP contribution < -0.4 is 18.9 Å². The first-order valence-electron chi connectivity index (χ1n) is 2.29. The van der Waals surface area contributed by atoms with Crippen molar-refractivity contribution in [3.05, 3.63) is 11.3 Å². The van der Waals surface area contributed by atoms with Crippen molar-refractivity contribution >= 4 is 11.6 Å². The van der Waals surface area contributed by atoms with Crippen LogP contribution in [0.15, 0.2) is 5.03 Å². The van der Waals surface area contributed by atoms with E-state index in [2.05, 4.69) is 6.26 Å². The second-order valence-corrected chi connectivity index (χ2v) is 1.92. The molecule has 0 N–H and O–H groups in total. The SMILES string of the molecule is ClC1=[C-]OCCC1.[Li+]. The number of halogens is 1. The summed E-state index contributed by atoms with van der Waals surface area (Å²) in [7, 11) is 0. The molecule has 0 saturated heterocycles. The van der Waals surface area contributed by atoms with Crippen LogP contribution in [0.1, 0.15) is 12.8 Å². The molecule has 0 radical (unpaired) electrons. The molecule has 0 saturated carbocycles. The van der Waals surface area contributed by atoms with E-state index in [4.69, 9.17) is 16.3 Å². The third-order valence-electron chi connectivity index (χ3n) is 0.826. The van der Waals surface area contributed by atoms with Crippen molar-refractivity contribution in [1.29, 1.82) is 0 Å². The molecule has 0 amide bonds. The average Bonchev–Trinajstić information content (AvgIpc) is 1.69. The normalized spacial score (nSPS) is 17.9. The minimum absolute atomic E-state index is 0. The zero-order valence-electron chi connectivity index (χ0n) is 4.91. The van der Waals surface area contributed by atoms with Gasteiger partial charge < -0.3 is 4.74 Å². The van der Waals surface area contributed by atoms with E-state index in [-0.39, 0.29) is 18.9 Å². The van der Waals surface area contributed by atoms with Crippen LogP contribution in [-0.4, -0.2) is 6.61 Å². The van der Waals surface area contributed by atoms with Crippen molar-refractivity contribution in [3.8, 4) is 0 Å². The van der Waals surface area contributed by atoms with E-state index >= 15 is 0 Å². The molecule has 1 aliphatic rings. The van der Waals surface area contributed by atoms with Crippen LogP contribution in [-0.2, 0) is 4.74 Å². The zero-order valence-corrected chi connectivity index (χ0v) is 5.66. The Morgan fingerprint density at radius 2 is 2.38 bits per heavy atom. The van der Waals surface area contributed by atoms with E-state index in [9.17, 15) is 0 Å². The van der Waals surface area contributed by atoms with Crippen LogP contribution in [0.4, 0.5) is 0 Å². The van der Waals surface area contributed by atoms with Crippen LogP contribution in [0.2, 0.25) is 0 Å². The topological polar surface area (TPSA) is 9.23 Å². The van der Waals surface area contributed by atoms with Gasteiger partial charge in [0, 0.05) is 6.61 Å². The fourth-order valence-electron chi connectivity index (χ4n) is 0.480. The second-order valence-electron chi connectivity index (χ2n) is 1.46. The maximum atomic E-state index is 5.50. The van der Waals surface area contributed by atoms with Gasteiger partial charge in [-0.25, -0.2) is 0 Å². The summed E-state index contributed by atoms with van der Waals surface area (Å²) in [6.45, 7) is 0.774. The predicted octanol–water partition coefficient (Wildman–Crippen LogP) is -1.32. The molecule has 0 bridgehead atoms. The maximum Gasteiger partial charge on any atom is 1.00 e. The smallest absolute Gasteiger partial charge is 0.692 e. The van der Waals surface area contributed by atoms with Gasteiger partial charge in [0.1, 0.15) is 0 Å². The Morgan fingerprint density at radius 1 is 1.62 bits per heavy atom. The molecular formula is C5H6ClLiO. The molecule has 0 aromatic carbocycles. The summed E-state index contributed by atoms with van der Waals surface area (Å²) in [6, 6.07) is 0. The van der Waals surface area contributed by atoms with Gasteiger partial charge >= 0.3 is 18.9 Å². The summed E-state index contributed by atoms with van der Waals surface area (Å²) in [5.41, 5.74) is 0. The minimum atomic E-state index is 0. The van der Waals surface area contributed by atoms with Crippen molar-refractivity contribution in [2.24, 2.45) is 0 Å². The maximum absolute atomic E-state index is 5.50. The van der Waals surface area contributed by atoms with Gasteiger partial charge in [0.15, 0.2) is 0 Å². The molecule has 0 unspecified atom stereocenters. The first-order chi connectivity index (χ1) is 3.39. The molecule has 0 aromatic rings. The molecule has 0 aliphatic carbocycles. The molecule has 0 spiro atoms. The van der Waals surface area contributed by atoms with E-state index in [1.807, 2.05) is 0 Å². The Labute approximate surface area is 66.2 Å². The predicted molar refractivity (Wildman–Crippen MR) is 27.8 cm³/mol. The summed E-state index contributed by atoms with van der Waals surface area (Å²) in [5.74, 6) is 0. The van der Waals surface area contributed by atoms with Gasteiger partial charge in [-0.15, -0.1) is 16.6 Å². The van der Waals surface area contributed by atoms with Gasteiger partial charge in [0.2, 0.25) is 0 Å². The molecule has 0 atom stereocenters. The Bertz CT molecular complexity index is 92.4. The number of ether oxygens (including phenoxy) is 1. The van der Waals surface area contributed by atoms with Gasteiger partial charge in [-0.3, -0.25) is 6.26 Å². The Kier molecular flexibility index (Phi) is 4.55. The molecular weight excluding hydrogens is 118 g/mol. The van der Waals surface area contributed by atoms with Crippen LogP contribution in [0, 0.1) is 6.26 Å². The van der Waals surface area contributed by atoms with Gasteiger partial charge in [-0.2, -0.15) is 0 Å². The van der Waals surface area contributed by atoms with Crippen molar-refractivity contribution in [1.82, 2.24) is 0 Å². The summed E-state index contributed by atoms with van der Waals surface area (Å²) in [6.07, 6.45) is 4.53. The summed E-state index contributed by atoms with van der Waals surface area (Å²) < 4.78 is 4.76. The van der Waals surface area contributed by atoms with Gasteiger partial charge in [-0.05, 0) is 12.8 Å². The molecule has 8 heavy (non-hydrogen) atoms. The third kappa shape index (κ3) is 2.67. The van der Waals surface area contributed by atoms with Crippen LogP contribution in [0.5, 0.6) is 0 Å². The number of hydrogen-bond acceptors (Lipinski definition) is 1. The largest absolute Gasteiger partial charge is 1.00 e. The standard InChI is InChI=1S/C5H6ClO.Li/c6-5-2-1-3-7-4-5;/h1-3H2;/q-1;+1. The van der Waals surface area contributed by atoms with E-state index in [1.54, 1.807) is 0 Å². The van der Waals surface area contributed by atoms with Gasteiger partial charge in [0.05, 0.1) is 0 Å². The quantitative estimate of drug-likeness (QED) is 0.288. The van der Waals surface area contributed by atoms with Crippen LogP contribution >= 0.6 is 11.6 Å². The first kappa shape index (κ1) is 8.43. The molecule has 1 rings (SSSR count). The Hall–Kier alpha value is 0.427. The summed E-state index contributed by atoms with van der Waals surface area (Å²) >= 11 is 5.50. The molecule has 40 valence electrons. The van der Waals surface area contributed by atoms with Crippen molar-refractivity contribution < 1.29 is 23.6 Å². The van der Waals surface area contributed by atoms with E-state index in [0.717, 1.165) is 19.4 Å². The summed E-state index contributed by atoms with van der Waals surface area (Å²) in [4.78, 5) is 0. The number of allylic oxidation sites excluding steroid dienone is 1. The zero-order chi connectivity index (χ0) is 5.11. The second kappa shape index (κ2) is 4.32. The van der Waals surface area contributed by atoms with Crippen LogP contribution in [0.3, 0.4) is 0 Å². The van der Waals surface area contributed by atoms with E-state index < -0.39 is 0 Å². The monoisotopic (exact) mass is 124 g/mol. The van der Waals surface area contributed by atoms with Gasteiger partial charge in [0.25, 0.3) is 0 Å². The molecule has 1 nitrogen and oxygen atoms in total. The molecule has 0 fully saturated rings. The van der Waals surface area contributed by atoms with Crippen molar-refractivity contribution in [2.45, 2.75) is 12.8 Å². The fraction of sp³-hybridized carbons (Fsp3) is 0.600. The van der Waals surface area contributed by atoms with E-state index in [0.29, 0.717) is 5.03 Å². The number of hydrogen-bond donors (Lipinski definition) is 0. The Morgan fingerprint density at radius 3 is 2.62 bits per heavy atom. The molecule has 0 aromatic heterocycles. The third-order valence-corrected chi connectivity index (χ3v) is 1.09. The van der Waals surface area contributed by atoms with Crippen molar-refractivity contribution in [2.75, 3.05) is 6.61 Å². The molecule has 3 heteroatoms.